The van der Waals surface area contributed by atoms with Gasteiger partial charge < -0.3 is 78.7 Å². The molecule has 18 nitrogen and oxygen atoms in total. The van der Waals surface area contributed by atoms with E-state index >= 15 is 0 Å². The molecule has 0 spiro atoms. The van der Waals surface area contributed by atoms with Gasteiger partial charge in [0, 0.05) is 24.3 Å². The van der Waals surface area contributed by atoms with E-state index < -0.39 is 98.8 Å². The third-order valence-electron chi connectivity index (χ3n) is 9.98. The van der Waals surface area contributed by atoms with Gasteiger partial charge in [-0.05, 0) is 42.3 Å². The normalized spacial score (nSPS) is 35.1. The van der Waals surface area contributed by atoms with Gasteiger partial charge in [-0.15, -0.1) is 0 Å². The van der Waals surface area contributed by atoms with Crippen LogP contribution in [0.5, 0.6) is 17.2 Å². The topological polar surface area (TPSA) is 270 Å². The van der Waals surface area contributed by atoms with Crippen molar-refractivity contribution in [2.75, 3.05) is 26.4 Å². The van der Waals surface area contributed by atoms with E-state index in [0.29, 0.717) is 17.7 Å². The molecule has 5 aliphatic heterocycles. The number of hydrogen-bond acceptors (Lipinski definition) is 18. The molecule has 2 aromatic carbocycles. The van der Waals surface area contributed by atoms with Gasteiger partial charge in [0.2, 0.25) is 6.29 Å². The van der Waals surface area contributed by atoms with Crippen molar-refractivity contribution < 1.29 is 88.3 Å². The van der Waals surface area contributed by atoms with Crippen LogP contribution < -0.4 is 4.74 Å². The van der Waals surface area contributed by atoms with Crippen LogP contribution in [0.15, 0.2) is 65.9 Å². The minimum Gasteiger partial charge on any atom is -0.504 e. The van der Waals surface area contributed by atoms with Crippen molar-refractivity contribution in [3.63, 3.8) is 0 Å². The Kier molecular flexibility index (Phi) is 13.6. The Morgan fingerprint density at radius 3 is 2.11 bits per heavy atom. The van der Waals surface area contributed by atoms with Crippen molar-refractivity contribution in [1.29, 1.82) is 0 Å². The summed E-state index contributed by atoms with van der Waals surface area (Å²) in [7, 11) is 0. The molecule has 2 fully saturated rings. The molecule has 0 saturated carbocycles. The van der Waals surface area contributed by atoms with Crippen LogP contribution in [0.3, 0.4) is 0 Å². The van der Waals surface area contributed by atoms with E-state index in [9.17, 15) is 50.4 Å². The van der Waals surface area contributed by atoms with Crippen LogP contribution in [-0.2, 0) is 55.6 Å². The number of benzene rings is 2. The summed E-state index contributed by atoms with van der Waals surface area (Å²) in [6, 6.07) is 11.8. The van der Waals surface area contributed by atoms with Gasteiger partial charge >= 0.3 is 11.9 Å². The van der Waals surface area contributed by atoms with Crippen LogP contribution in [0.2, 0.25) is 0 Å². The molecule has 5 heterocycles. The summed E-state index contributed by atoms with van der Waals surface area (Å²) < 4.78 is 45.5. The highest BCUT2D eigenvalue weighted by atomic mass is 16.8. The van der Waals surface area contributed by atoms with Crippen molar-refractivity contribution in [2.45, 2.75) is 93.9 Å². The molecule has 56 heavy (non-hydrogen) atoms. The second-order valence-electron chi connectivity index (χ2n) is 13.6. The van der Waals surface area contributed by atoms with Crippen LogP contribution in [-0.4, -0.2) is 147 Å². The number of hydrogen-bond donors (Lipinski definition) is 8. The first-order valence-corrected chi connectivity index (χ1v) is 18.1. The molecular formula is C38H46O18. The third kappa shape index (κ3) is 9.17. The van der Waals surface area contributed by atoms with E-state index in [1.54, 1.807) is 43.3 Å². The number of allylic oxidation sites excluding steroid dienone is 1. The number of aliphatic hydroxyl groups excluding tert-OH is 7. The van der Waals surface area contributed by atoms with Gasteiger partial charge in [-0.1, -0.05) is 24.3 Å². The highest BCUT2D eigenvalue weighted by Gasteiger charge is 2.52. The van der Waals surface area contributed by atoms with Crippen LogP contribution in [0.25, 0.3) is 0 Å². The number of esters is 2. The lowest BCUT2D eigenvalue weighted by molar-refractivity contribution is -0.369. The van der Waals surface area contributed by atoms with Crippen molar-refractivity contribution in [3.8, 4) is 17.2 Å². The summed E-state index contributed by atoms with van der Waals surface area (Å²) in [6.45, 7) is -0.0548. The summed E-state index contributed by atoms with van der Waals surface area (Å²) in [4.78, 5) is 26.8. The molecule has 12 atom stereocenters. The van der Waals surface area contributed by atoms with Crippen molar-refractivity contribution in [1.82, 2.24) is 0 Å². The molecule has 18 heteroatoms. The Balaban J connectivity index is 1.22. The van der Waals surface area contributed by atoms with Crippen molar-refractivity contribution in [2.24, 2.45) is 5.92 Å². The number of ether oxygens (including phenoxy) is 8. The van der Waals surface area contributed by atoms with Crippen LogP contribution in [0, 0.1) is 5.92 Å². The Bertz CT molecular complexity index is 1730. The van der Waals surface area contributed by atoms with Gasteiger partial charge in [-0.25, -0.2) is 4.79 Å². The van der Waals surface area contributed by atoms with Gasteiger partial charge in [0.25, 0.3) is 0 Å². The second-order valence-corrected chi connectivity index (χ2v) is 13.6. The SMILES string of the molecule is C/C=C1\[C@H](O[C@@H]2O[C@H](CO)[C@@H](O)[C@H](O[C@@H]3O[C@H](CO)[C@@H](O)[C@H](O)[C@H]3O)[C@H]2O)OC=C2C(=O)OCCc3ccc(cc3)Oc3cc(ccc3O)CCOC(=O)C[C@H]21. The van der Waals surface area contributed by atoms with E-state index in [1.807, 2.05) is 0 Å². The van der Waals surface area contributed by atoms with Gasteiger partial charge in [-0.3, -0.25) is 4.79 Å². The molecule has 0 unspecified atom stereocenters. The molecule has 4 bridgehead atoms. The zero-order chi connectivity index (χ0) is 40.1. The average molecular weight is 791 g/mol. The Morgan fingerprint density at radius 1 is 0.768 bits per heavy atom. The summed E-state index contributed by atoms with van der Waals surface area (Å²) in [5, 5.41) is 83.1. The number of phenolic OH excluding ortho intramolecular Hbond substituents is 1. The molecule has 0 aliphatic carbocycles. The molecule has 306 valence electrons. The van der Waals surface area contributed by atoms with Crippen LogP contribution in [0.4, 0.5) is 0 Å². The molecule has 0 radical (unpaired) electrons. The van der Waals surface area contributed by atoms with Gasteiger partial charge in [0.1, 0.15) is 54.6 Å². The highest BCUT2D eigenvalue weighted by Crippen LogP contribution is 2.38. The molecule has 8 N–H and O–H groups in total. The first kappa shape index (κ1) is 41.5. The van der Waals surface area contributed by atoms with Gasteiger partial charge in [0.05, 0.1) is 44.7 Å². The fourth-order valence-electron chi connectivity index (χ4n) is 6.79. The maximum Gasteiger partial charge on any atom is 0.337 e. The summed E-state index contributed by atoms with van der Waals surface area (Å²) in [5.41, 5.74) is 1.73. The summed E-state index contributed by atoms with van der Waals surface area (Å²) >= 11 is 0. The number of carbonyl (C=O) groups excluding carboxylic acids is 2. The Hall–Kier alpha value is -4.18. The molecule has 0 aromatic heterocycles. The van der Waals surface area contributed by atoms with Crippen molar-refractivity contribution >= 4 is 11.9 Å². The first-order valence-electron chi connectivity index (χ1n) is 18.1. The van der Waals surface area contributed by atoms with Crippen molar-refractivity contribution in [3.05, 3.63) is 77.1 Å². The van der Waals surface area contributed by atoms with Crippen LogP contribution in [0.1, 0.15) is 24.5 Å². The lowest BCUT2D eigenvalue weighted by Crippen LogP contribution is -2.65. The highest BCUT2D eigenvalue weighted by molar-refractivity contribution is 5.91. The lowest BCUT2D eigenvalue weighted by Gasteiger charge is -2.46. The van der Waals surface area contributed by atoms with E-state index in [2.05, 4.69) is 0 Å². The molecule has 2 saturated heterocycles. The zero-order valence-corrected chi connectivity index (χ0v) is 30.2. The second kappa shape index (κ2) is 18.4. The third-order valence-corrected chi connectivity index (χ3v) is 9.98. The quantitative estimate of drug-likeness (QED) is 0.132. The van der Waals surface area contributed by atoms with Gasteiger partial charge in [0.15, 0.2) is 24.1 Å². The molecule has 2 aromatic rings. The number of aromatic hydroxyl groups is 1. The standard InChI is InChI=1S/C38H46O18/c1-2-21-22-14-28(42)49-11-10-19-5-8-24(41)25(13-19)52-20-6-3-18(4-7-20)9-12-50-35(48)23(22)17-51-36(21)56-38-33(47)34(30(44)27(16-40)54-38)55-37-32(46)31(45)29(43)26(15-39)53-37/h2-8,13,17,22,26-27,29-34,36-41,43-47H,9-12,14-16H2,1H3/b21-2-/t22-,26+,27+,29+,30+,31-,32+,33+,34-,36-,37-,38-/m0/s1. The minimum atomic E-state index is -1.88. The van der Waals surface area contributed by atoms with Gasteiger partial charge in [-0.2, -0.15) is 0 Å². The minimum absolute atomic E-state index is 0.0302. The number of fused-ring (bicyclic) bond motifs is 9. The largest absolute Gasteiger partial charge is 0.504 e. The fourth-order valence-corrected chi connectivity index (χ4v) is 6.79. The monoisotopic (exact) mass is 790 g/mol. The molecule has 0 amide bonds. The first-order chi connectivity index (χ1) is 26.9. The molecular weight excluding hydrogens is 744 g/mol. The zero-order valence-electron chi connectivity index (χ0n) is 30.2. The Morgan fingerprint density at radius 2 is 1.41 bits per heavy atom. The maximum atomic E-state index is 13.5. The van der Waals surface area contributed by atoms with E-state index in [4.69, 9.17) is 37.9 Å². The number of aliphatic hydroxyl groups is 7. The summed E-state index contributed by atoms with van der Waals surface area (Å²) in [6.07, 6.45) is -15.6. The number of phenols is 1. The predicted molar refractivity (Wildman–Crippen MR) is 186 cm³/mol. The average Bonchev–Trinajstić information content (AvgIpc) is 3.19. The van der Waals surface area contributed by atoms with Crippen LogP contribution >= 0.6 is 0 Å². The molecule has 7 rings (SSSR count). The van der Waals surface area contributed by atoms with E-state index in [1.165, 1.54) is 12.1 Å². The molecule has 5 aliphatic rings. The van der Waals surface area contributed by atoms with E-state index in [0.717, 1.165) is 11.8 Å². The maximum absolute atomic E-state index is 13.5. The number of carbonyl (C=O) groups is 2. The lowest BCUT2D eigenvalue weighted by atomic mass is 9.86. The number of rotatable bonds is 6. The van der Waals surface area contributed by atoms with E-state index in [-0.39, 0.29) is 48.7 Å². The smallest absolute Gasteiger partial charge is 0.337 e. The Labute approximate surface area is 320 Å². The summed E-state index contributed by atoms with van der Waals surface area (Å²) in [5.74, 6) is -1.88. The predicted octanol–water partition coefficient (Wildman–Crippen LogP) is -0.797. The fraction of sp³-hybridized carbons (Fsp3) is 0.526.